The zero-order valence-electron chi connectivity index (χ0n) is 16.7. The Morgan fingerprint density at radius 1 is 1.18 bits per heavy atom. The van der Waals surface area contributed by atoms with Crippen LogP contribution in [-0.4, -0.2) is 65.3 Å². The summed E-state index contributed by atoms with van der Waals surface area (Å²) < 4.78 is 7.49. The molecule has 8 heteroatoms. The van der Waals surface area contributed by atoms with Crippen molar-refractivity contribution in [2.24, 2.45) is 0 Å². The van der Waals surface area contributed by atoms with Crippen molar-refractivity contribution in [3.8, 4) is 5.69 Å². The molecule has 0 bridgehead atoms. The number of amides is 1. The predicted octanol–water partition coefficient (Wildman–Crippen LogP) is 3.89. The molecule has 1 aromatic heterocycles. The molecule has 1 aromatic carbocycles. The molecule has 28 heavy (non-hydrogen) atoms. The maximum absolute atomic E-state index is 11.4. The molecule has 0 aliphatic carbocycles. The van der Waals surface area contributed by atoms with Gasteiger partial charge in [0.25, 0.3) is 0 Å². The van der Waals surface area contributed by atoms with Gasteiger partial charge in [0.15, 0.2) is 0 Å². The van der Waals surface area contributed by atoms with E-state index in [-0.39, 0.29) is 5.91 Å². The van der Waals surface area contributed by atoms with Crippen LogP contribution in [0.3, 0.4) is 0 Å². The molecule has 0 aliphatic rings. The minimum Gasteiger partial charge on any atom is -0.375 e. The number of aromatic nitrogens is 2. The molecule has 1 heterocycles. The first-order valence-corrected chi connectivity index (χ1v) is 10.2. The number of hydrogen-bond acceptors (Lipinski definition) is 4. The van der Waals surface area contributed by atoms with E-state index in [1.165, 1.54) is 0 Å². The first-order valence-electron chi connectivity index (χ1n) is 9.42. The van der Waals surface area contributed by atoms with E-state index >= 15 is 0 Å². The van der Waals surface area contributed by atoms with Crippen LogP contribution in [0.5, 0.6) is 0 Å². The van der Waals surface area contributed by atoms with Gasteiger partial charge in [-0.3, -0.25) is 4.79 Å². The second-order valence-electron chi connectivity index (χ2n) is 6.66. The van der Waals surface area contributed by atoms with Gasteiger partial charge in [0.2, 0.25) is 5.91 Å². The summed E-state index contributed by atoms with van der Waals surface area (Å²) in [5, 5.41) is 5.53. The first kappa shape index (κ1) is 22.7. The Balaban J connectivity index is 1.67. The van der Waals surface area contributed by atoms with E-state index in [4.69, 9.17) is 27.9 Å². The normalized spacial score (nSPS) is 11.2. The van der Waals surface area contributed by atoms with Crippen LogP contribution < -0.4 is 0 Å². The summed E-state index contributed by atoms with van der Waals surface area (Å²) in [5.74, 6) is 0.125. The van der Waals surface area contributed by atoms with Crippen LogP contribution in [0.15, 0.2) is 30.5 Å². The van der Waals surface area contributed by atoms with Crippen LogP contribution in [0.1, 0.15) is 26.0 Å². The lowest BCUT2D eigenvalue weighted by Crippen LogP contribution is -2.36. The van der Waals surface area contributed by atoms with Crippen molar-refractivity contribution in [2.45, 2.75) is 26.9 Å². The minimum absolute atomic E-state index is 0.125. The lowest BCUT2D eigenvalue weighted by molar-refractivity contribution is -0.128. The van der Waals surface area contributed by atoms with Gasteiger partial charge in [-0.2, -0.15) is 5.10 Å². The van der Waals surface area contributed by atoms with Gasteiger partial charge in [-0.05, 0) is 44.7 Å². The van der Waals surface area contributed by atoms with Crippen molar-refractivity contribution in [2.75, 3.05) is 39.8 Å². The van der Waals surface area contributed by atoms with Gasteiger partial charge in [0.1, 0.15) is 0 Å². The van der Waals surface area contributed by atoms with Crippen LogP contribution in [0.25, 0.3) is 5.69 Å². The topological polar surface area (TPSA) is 50.6 Å². The summed E-state index contributed by atoms with van der Waals surface area (Å²) in [6, 6.07) is 7.33. The average molecular weight is 427 g/mol. The Bertz CT molecular complexity index is 766. The zero-order chi connectivity index (χ0) is 20.5. The molecule has 0 saturated carbocycles. The first-order chi connectivity index (χ1) is 13.4. The molecule has 2 rings (SSSR count). The molecule has 0 radical (unpaired) electrons. The smallest absolute Gasteiger partial charge is 0.219 e. The van der Waals surface area contributed by atoms with Gasteiger partial charge in [-0.25, -0.2) is 4.68 Å². The highest BCUT2D eigenvalue weighted by Crippen LogP contribution is 2.24. The molecule has 0 atom stereocenters. The van der Waals surface area contributed by atoms with Crippen molar-refractivity contribution in [1.82, 2.24) is 19.6 Å². The van der Waals surface area contributed by atoms with Crippen molar-refractivity contribution in [3.63, 3.8) is 0 Å². The number of ether oxygens (including phenoxy) is 1. The molecule has 6 nitrogen and oxygen atoms in total. The number of nitrogens with zero attached hydrogens (tertiary/aromatic N) is 4. The molecule has 2 aromatic rings. The monoisotopic (exact) mass is 426 g/mol. The van der Waals surface area contributed by atoms with E-state index in [2.05, 4.69) is 17.0 Å². The van der Waals surface area contributed by atoms with E-state index in [0.29, 0.717) is 23.3 Å². The number of benzene rings is 1. The summed E-state index contributed by atoms with van der Waals surface area (Å²) in [7, 11) is 2.06. The van der Waals surface area contributed by atoms with Crippen LogP contribution >= 0.6 is 23.2 Å². The fourth-order valence-corrected chi connectivity index (χ4v) is 3.06. The predicted molar refractivity (Wildman–Crippen MR) is 113 cm³/mol. The standard InChI is InChI=1S/C20H28Cl2N4O2/c1-4-25(16(2)27)12-11-24(3)9-5-13-28-15-17-8-10-26(23-17)18-6-7-19(21)20(22)14-18/h6-8,10,14H,4-5,9,11-13,15H2,1-3H3. The molecule has 0 fully saturated rings. The lowest BCUT2D eigenvalue weighted by atomic mass is 10.3. The summed E-state index contributed by atoms with van der Waals surface area (Å²) in [6.07, 6.45) is 2.80. The van der Waals surface area contributed by atoms with Gasteiger partial charge < -0.3 is 14.5 Å². The Hall–Kier alpha value is -1.60. The fourth-order valence-electron chi connectivity index (χ4n) is 2.76. The summed E-state index contributed by atoms with van der Waals surface area (Å²) in [4.78, 5) is 15.5. The highest BCUT2D eigenvalue weighted by molar-refractivity contribution is 6.42. The Kier molecular flexibility index (Phi) is 9.25. The number of halogens is 2. The largest absolute Gasteiger partial charge is 0.375 e. The van der Waals surface area contributed by atoms with Gasteiger partial charge in [-0.1, -0.05) is 23.2 Å². The summed E-state index contributed by atoms with van der Waals surface area (Å²) in [5.41, 5.74) is 1.72. The van der Waals surface area contributed by atoms with E-state index in [1.807, 2.05) is 30.2 Å². The van der Waals surface area contributed by atoms with E-state index in [0.717, 1.165) is 44.0 Å². The third kappa shape index (κ3) is 7.09. The number of hydrogen-bond donors (Lipinski definition) is 0. The number of carbonyl (C=O) groups excluding carboxylic acids is 1. The van der Waals surface area contributed by atoms with E-state index in [1.54, 1.807) is 23.7 Å². The molecule has 0 saturated heterocycles. The molecule has 0 aliphatic heterocycles. The Morgan fingerprint density at radius 2 is 1.96 bits per heavy atom. The van der Waals surface area contributed by atoms with Crippen LogP contribution in [0.2, 0.25) is 10.0 Å². The second-order valence-corrected chi connectivity index (χ2v) is 7.47. The van der Waals surface area contributed by atoms with E-state index < -0.39 is 0 Å². The Labute approximate surface area is 177 Å². The highest BCUT2D eigenvalue weighted by Gasteiger charge is 2.08. The third-order valence-corrected chi connectivity index (χ3v) is 5.21. The Morgan fingerprint density at radius 3 is 2.64 bits per heavy atom. The van der Waals surface area contributed by atoms with E-state index in [9.17, 15) is 4.79 Å². The van der Waals surface area contributed by atoms with Crippen LogP contribution in [-0.2, 0) is 16.1 Å². The van der Waals surface area contributed by atoms with Crippen molar-refractivity contribution in [1.29, 1.82) is 0 Å². The number of rotatable bonds is 11. The quantitative estimate of drug-likeness (QED) is 0.511. The maximum atomic E-state index is 11.4. The molecular formula is C20H28Cl2N4O2. The lowest BCUT2D eigenvalue weighted by Gasteiger charge is -2.23. The SMILES string of the molecule is CCN(CCN(C)CCCOCc1ccn(-c2ccc(Cl)c(Cl)c2)n1)C(C)=O. The molecular weight excluding hydrogens is 399 g/mol. The highest BCUT2D eigenvalue weighted by atomic mass is 35.5. The number of likely N-dealkylation sites (N-methyl/N-ethyl adjacent to an activating group) is 2. The van der Waals surface area contributed by atoms with Gasteiger partial charge in [0.05, 0.1) is 28.0 Å². The van der Waals surface area contributed by atoms with Crippen molar-refractivity contribution < 1.29 is 9.53 Å². The maximum Gasteiger partial charge on any atom is 0.219 e. The summed E-state index contributed by atoms with van der Waals surface area (Å²) >= 11 is 12.0. The third-order valence-electron chi connectivity index (χ3n) is 4.47. The average Bonchev–Trinajstić information content (AvgIpc) is 3.13. The second kappa shape index (κ2) is 11.4. The minimum atomic E-state index is 0.125. The molecule has 1 amide bonds. The van der Waals surface area contributed by atoms with Gasteiger partial charge in [0, 0.05) is 45.9 Å². The van der Waals surface area contributed by atoms with Crippen LogP contribution in [0, 0.1) is 0 Å². The van der Waals surface area contributed by atoms with Crippen molar-refractivity contribution >= 4 is 29.1 Å². The zero-order valence-corrected chi connectivity index (χ0v) is 18.2. The van der Waals surface area contributed by atoms with Gasteiger partial charge >= 0.3 is 0 Å². The molecule has 0 N–H and O–H groups in total. The fraction of sp³-hybridized carbons (Fsp3) is 0.500. The molecule has 154 valence electrons. The van der Waals surface area contributed by atoms with Crippen LogP contribution in [0.4, 0.5) is 0 Å². The number of carbonyl (C=O) groups is 1. The summed E-state index contributed by atoms with van der Waals surface area (Å²) in [6.45, 7) is 8.03. The molecule has 0 unspecified atom stereocenters. The van der Waals surface area contributed by atoms with Crippen molar-refractivity contribution in [3.05, 3.63) is 46.2 Å². The molecule has 0 spiro atoms. The van der Waals surface area contributed by atoms with Gasteiger partial charge in [-0.15, -0.1) is 0 Å².